The number of methoxy groups -OCH3 is 1. The van der Waals surface area contributed by atoms with Gasteiger partial charge in [0.2, 0.25) is 10.0 Å². The second kappa shape index (κ2) is 6.31. The Bertz CT molecular complexity index is 624. The number of anilines is 1. The minimum Gasteiger partial charge on any atom is -0.469 e. The molecule has 1 aromatic heterocycles. The lowest BCUT2D eigenvalue weighted by Gasteiger charge is -2.17. The van der Waals surface area contributed by atoms with Gasteiger partial charge in [0.15, 0.2) is 5.13 Å². The highest BCUT2D eigenvalue weighted by Gasteiger charge is 2.42. The Hall–Kier alpha value is -1.15. The number of hydrogen-bond acceptors (Lipinski definition) is 6. The molecule has 6 nitrogen and oxygen atoms in total. The SMILES string of the molecule is CCc1nc(NS(=O)(=O)C2CCCC2C(=O)OC)sc1C. The van der Waals surface area contributed by atoms with Crippen LogP contribution in [-0.2, 0) is 26.0 Å². The molecular formula is C13H20N2O4S2. The zero-order valence-corrected chi connectivity index (χ0v) is 14.0. The molecule has 0 aromatic carbocycles. The highest BCUT2D eigenvalue weighted by molar-refractivity contribution is 7.93. The molecule has 2 unspecified atom stereocenters. The van der Waals surface area contributed by atoms with Crippen LogP contribution in [0, 0.1) is 12.8 Å². The third-order valence-electron chi connectivity index (χ3n) is 3.81. The predicted octanol–water partition coefficient (Wildman–Crippen LogP) is 2.10. The average Bonchev–Trinajstić information content (AvgIpc) is 3.04. The Balaban J connectivity index is 2.19. The third kappa shape index (κ3) is 3.37. The van der Waals surface area contributed by atoms with Crippen LogP contribution in [-0.4, -0.2) is 31.7 Å². The van der Waals surface area contributed by atoms with Gasteiger partial charge in [0.25, 0.3) is 0 Å². The Kier molecular flexibility index (Phi) is 4.88. The summed E-state index contributed by atoms with van der Waals surface area (Å²) in [4.78, 5) is 17.0. The number of ether oxygens (including phenoxy) is 1. The lowest BCUT2D eigenvalue weighted by atomic mass is 10.1. The van der Waals surface area contributed by atoms with Gasteiger partial charge in [-0.1, -0.05) is 13.3 Å². The first-order valence-corrected chi connectivity index (χ1v) is 9.31. The number of carbonyl (C=O) groups is 1. The summed E-state index contributed by atoms with van der Waals surface area (Å²) in [5.41, 5.74) is 0.897. The number of aromatic nitrogens is 1. The van der Waals surface area contributed by atoms with Gasteiger partial charge in [-0.05, 0) is 26.2 Å². The van der Waals surface area contributed by atoms with E-state index in [1.165, 1.54) is 18.4 Å². The third-order valence-corrected chi connectivity index (χ3v) is 6.71. The van der Waals surface area contributed by atoms with Gasteiger partial charge in [-0.3, -0.25) is 9.52 Å². The first-order valence-electron chi connectivity index (χ1n) is 6.94. The number of hydrogen-bond donors (Lipinski definition) is 1. The second-order valence-corrected chi connectivity index (χ2v) is 8.22. The number of sulfonamides is 1. The van der Waals surface area contributed by atoms with Gasteiger partial charge in [-0.25, -0.2) is 13.4 Å². The van der Waals surface area contributed by atoms with E-state index >= 15 is 0 Å². The van der Waals surface area contributed by atoms with E-state index in [0.717, 1.165) is 17.0 Å². The van der Waals surface area contributed by atoms with Crippen molar-refractivity contribution >= 4 is 32.5 Å². The first-order chi connectivity index (χ1) is 9.89. The largest absolute Gasteiger partial charge is 0.469 e. The number of aryl methyl sites for hydroxylation is 2. The van der Waals surface area contributed by atoms with Gasteiger partial charge >= 0.3 is 5.97 Å². The molecule has 0 saturated heterocycles. The van der Waals surface area contributed by atoms with Crippen LogP contribution in [0.5, 0.6) is 0 Å². The van der Waals surface area contributed by atoms with Gasteiger partial charge in [0, 0.05) is 4.88 Å². The first kappa shape index (κ1) is 16.2. The van der Waals surface area contributed by atoms with Crippen LogP contribution < -0.4 is 4.72 Å². The minimum atomic E-state index is -3.63. The Labute approximate surface area is 129 Å². The van der Waals surface area contributed by atoms with E-state index < -0.39 is 27.2 Å². The van der Waals surface area contributed by atoms with E-state index in [9.17, 15) is 13.2 Å². The van der Waals surface area contributed by atoms with Crippen molar-refractivity contribution in [1.82, 2.24) is 4.98 Å². The maximum absolute atomic E-state index is 12.5. The minimum absolute atomic E-state index is 0.375. The number of nitrogens with zero attached hydrogens (tertiary/aromatic N) is 1. The van der Waals surface area contributed by atoms with Crippen molar-refractivity contribution in [2.24, 2.45) is 5.92 Å². The van der Waals surface area contributed by atoms with Crippen LogP contribution in [0.15, 0.2) is 0 Å². The fourth-order valence-electron chi connectivity index (χ4n) is 2.72. The quantitative estimate of drug-likeness (QED) is 0.835. The molecule has 0 spiro atoms. The predicted molar refractivity (Wildman–Crippen MR) is 81.9 cm³/mol. The number of carbonyl (C=O) groups excluding carboxylic acids is 1. The zero-order chi connectivity index (χ0) is 15.6. The average molecular weight is 332 g/mol. The lowest BCUT2D eigenvalue weighted by Crippen LogP contribution is -2.35. The van der Waals surface area contributed by atoms with E-state index in [1.807, 2.05) is 13.8 Å². The molecule has 2 rings (SSSR count). The van der Waals surface area contributed by atoms with E-state index in [2.05, 4.69) is 9.71 Å². The molecule has 1 fully saturated rings. The smallest absolute Gasteiger partial charge is 0.310 e. The molecule has 1 aromatic rings. The Morgan fingerprint density at radius 1 is 1.48 bits per heavy atom. The summed E-state index contributed by atoms with van der Waals surface area (Å²) in [5, 5.41) is -0.362. The summed E-state index contributed by atoms with van der Waals surface area (Å²) in [7, 11) is -2.34. The summed E-state index contributed by atoms with van der Waals surface area (Å²) in [6.07, 6.45) is 2.50. The fraction of sp³-hybridized carbons (Fsp3) is 0.692. The summed E-state index contributed by atoms with van der Waals surface area (Å²) < 4.78 is 32.2. The van der Waals surface area contributed by atoms with E-state index in [4.69, 9.17) is 4.74 Å². The molecule has 8 heteroatoms. The van der Waals surface area contributed by atoms with Gasteiger partial charge in [-0.15, -0.1) is 11.3 Å². The fourth-order valence-corrected chi connectivity index (χ4v) is 5.58. The molecule has 118 valence electrons. The highest BCUT2D eigenvalue weighted by atomic mass is 32.2. The molecule has 21 heavy (non-hydrogen) atoms. The highest BCUT2D eigenvalue weighted by Crippen LogP contribution is 2.34. The van der Waals surface area contributed by atoms with Crippen LogP contribution in [0.3, 0.4) is 0 Å². The van der Waals surface area contributed by atoms with Crippen LogP contribution in [0.1, 0.15) is 36.8 Å². The van der Waals surface area contributed by atoms with Crippen molar-refractivity contribution in [1.29, 1.82) is 0 Å². The Morgan fingerprint density at radius 2 is 2.19 bits per heavy atom. The molecular weight excluding hydrogens is 312 g/mol. The van der Waals surface area contributed by atoms with Crippen LogP contribution in [0.4, 0.5) is 5.13 Å². The number of esters is 1. The van der Waals surface area contributed by atoms with E-state index in [-0.39, 0.29) is 0 Å². The number of thiazole rings is 1. The Morgan fingerprint density at radius 3 is 2.76 bits per heavy atom. The van der Waals surface area contributed by atoms with Gasteiger partial charge in [0.05, 0.1) is 24.0 Å². The van der Waals surface area contributed by atoms with Crippen molar-refractivity contribution in [3.63, 3.8) is 0 Å². The molecule has 1 aliphatic rings. The zero-order valence-electron chi connectivity index (χ0n) is 12.4. The van der Waals surface area contributed by atoms with Crippen LogP contribution in [0.25, 0.3) is 0 Å². The standard InChI is InChI=1S/C13H20N2O4S2/c1-4-10-8(2)20-13(14-10)15-21(17,18)11-7-5-6-9(11)12(16)19-3/h9,11H,4-7H2,1-3H3,(H,14,15). The van der Waals surface area contributed by atoms with Crippen molar-refractivity contribution in [2.75, 3.05) is 11.8 Å². The van der Waals surface area contributed by atoms with Gasteiger partial charge < -0.3 is 4.74 Å². The molecule has 0 bridgehead atoms. The summed E-state index contributed by atoms with van der Waals surface area (Å²) in [6.45, 7) is 3.89. The second-order valence-electron chi connectivity index (χ2n) is 5.12. The molecule has 1 heterocycles. The van der Waals surface area contributed by atoms with Crippen LogP contribution in [0.2, 0.25) is 0 Å². The van der Waals surface area contributed by atoms with Crippen LogP contribution >= 0.6 is 11.3 Å². The summed E-state index contributed by atoms with van der Waals surface area (Å²) in [6, 6.07) is 0. The topological polar surface area (TPSA) is 85.4 Å². The maximum atomic E-state index is 12.5. The van der Waals surface area contributed by atoms with Gasteiger partial charge in [0.1, 0.15) is 0 Å². The molecule has 0 aliphatic heterocycles. The van der Waals surface area contributed by atoms with Crippen molar-refractivity contribution < 1.29 is 17.9 Å². The molecule has 1 N–H and O–H groups in total. The molecule has 0 amide bonds. The molecule has 1 saturated carbocycles. The van der Waals surface area contributed by atoms with E-state index in [0.29, 0.717) is 24.4 Å². The monoisotopic (exact) mass is 332 g/mol. The normalized spacial score (nSPS) is 22.2. The van der Waals surface area contributed by atoms with Crippen molar-refractivity contribution in [2.45, 2.75) is 44.8 Å². The van der Waals surface area contributed by atoms with E-state index in [1.54, 1.807) is 0 Å². The summed E-state index contributed by atoms with van der Waals surface area (Å²) in [5.74, 6) is -1.04. The summed E-state index contributed by atoms with van der Waals surface area (Å²) >= 11 is 1.32. The molecule has 1 aliphatic carbocycles. The lowest BCUT2D eigenvalue weighted by molar-refractivity contribution is -0.145. The number of nitrogens with one attached hydrogen (secondary N) is 1. The van der Waals surface area contributed by atoms with Crippen molar-refractivity contribution in [3.8, 4) is 0 Å². The number of rotatable bonds is 5. The van der Waals surface area contributed by atoms with Crippen molar-refractivity contribution in [3.05, 3.63) is 10.6 Å². The molecule has 0 radical (unpaired) electrons. The maximum Gasteiger partial charge on any atom is 0.310 e. The van der Waals surface area contributed by atoms with Gasteiger partial charge in [-0.2, -0.15) is 0 Å². The molecule has 2 atom stereocenters.